The van der Waals surface area contributed by atoms with Crippen molar-refractivity contribution in [2.45, 2.75) is 52.6 Å². The van der Waals surface area contributed by atoms with E-state index in [1.54, 1.807) is 30.0 Å². The first-order chi connectivity index (χ1) is 18.6. The molecular formula is C30H30Cl2LiN3O4. The van der Waals surface area contributed by atoms with Gasteiger partial charge in [-0.05, 0) is 81.1 Å². The molecule has 0 fully saturated rings. The van der Waals surface area contributed by atoms with Gasteiger partial charge in [-0.25, -0.2) is 4.98 Å². The number of aromatic nitrogens is 3. The van der Waals surface area contributed by atoms with E-state index in [0.717, 1.165) is 16.7 Å². The Morgan fingerprint density at radius 3 is 2.42 bits per heavy atom. The van der Waals surface area contributed by atoms with Gasteiger partial charge in [-0.2, -0.15) is 0 Å². The average molecular weight is 574 g/mol. The van der Waals surface area contributed by atoms with E-state index in [1.807, 2.05) is 68.7 Å². The molecule has 1 unspecified atom stereocenters. The van der Waals surface area contributed by atoms with E-state index < -0.39 is 11.9 Å². The van der Waals surface area contributed by atoms with Crippen molar-refractivity contribution in [3.8, 4) is 17.1 Å². The van der Waals surface area contributed by atoms with Gasteiger partial charge in [0.15, 0.2) is 0 Å². The molecule has 7 nitrogen and oxygen atoms in total. The Balaban J connectivity index is 0.00000441. The van der Waals surface area contributed by atoms with Crippen molar-refractivity contribution in [3.63, 3.8) is 0 Å². The fourth-order valence-corrected chi connectivity index (χ4v) is 5.57. The zero-order valence-corrected chi connectivity index (χ0v) is 25.0. The van der Waals surface area contributed by atoms with E-state index in [-0.39, 0.29) is 41.2 Å². The van der Waals surface area contributed by atoms with Gasteiger partial charge in [0.1, 0.15) is 22.3 Å². The van der Waals surface area contributed by atoms with E-state index in [4.69, 9.17) is 27.9 Å². The first-order valence-corrected chi connectivity index (χ1v) is 13.4. The van der Waals surface area contributed by atoms with Crippen molar-refractivity contribution in [2.24, 2.45) is 0 Å². The van der Waals surface area contributed by atoms with Crippen LogP contribution in [-0.4, -0.2) is 27.2 Å². The van der Waals surface area contributed by atoms with Gasteiger partial charge >= 0.3 is 18.9 Å². The molecule has 4 aromatic rings. The Labute approximate surface area is 255 Å². The first kappa shape index (κ1) is 31.6. The summed E-state index contributed by atoms with van der Waals surface area (Å²) in [4.78, 5) is 29.7. The number of benzene rings is 2. The van der Waals surface area contributed by atoms with Crippen molar-refractivity contribution in [1.29, 1.82) is 0 Å². The SMILES string of the molecule is CCn1cc(CC(c2ccc(Cl)cc2C)c2c(C(=O)[O-])nc(-c3ccccc3OC)n2C(C)C)cc(Cl)c1=O.[Li+]. The van der Waals surface area contributed by atoms with Crippen LogP contribution in [0.4, 0.5) is 0 Å². The Morgan fingerprint density at radius 2 is 1.82 bits per heavy atom. The maximum Gasteiger partial charge on any atom is 1.00 e. The van der Waals surface area contributed by atoms with Crippen LogP contribution in [0.15, 0.2) is 59.5 Å². The van der Waals surface area contributed by atoms with Gasteiger partial charge in [-0.1, -0.05) is 41.4 Å². The summed E-state index contributed by atoms with van der Waals surface area (Å²) in [5.41, 5.74) is 3.27. The Bertz CT molecular complexity index is 1600. The van der Waals surface area contributed by atoms with Gasteiger partial charge in [0.25, 0.3) is 5.56 Å². The van der Waals surface area contributed by atoms with Gasteiger partial charge in [-0.15, -0.1) is 0 Å². The van der Waals surface area contributed by atoms with E-state index in [0.29, 0.717) is 40.8 Å². The average Bonchev–Trinajstić information content (AvgIpc) is 3.30. The molecule has 0 saturated heterocycles. The molecule has 0 amide bonds. The van der Waals surface area contributed by atoms with Gasteiger partial charge in [0.05, 0.1) is 24.3 Å². The largest absolute Gasteiger partial charge is 1.00 e. The number of pyridine rings is 1. The van der Waals surface area contributed by atoms with Crippen molar-refractivity contribution < 1.29 is 33.5 Å². The number of carboxylic acid groups (broad SMARTS) is 1. The number of carboxylic acids is 1. The molecule has 0 spiro atoms. The zero-order chi connectivity index (χ0) is 28.4. The minimum atomic E-state index is -1.38. The Kier molecular flexibility index (Phi) is 10.4. The second kappa shape index (κ2) is 13.1. The van der Waals surface area contributed by atoms with E-state index in [1.165, 1.54) is 0 Å². The smallest absolute Gasteiger partial charge is 0.543 e. The number of hydrogen-bond donors (Lipinski definition) is 0. The second-order valence-electron chi connectivity index (χ2n) is 9.67. The van der Waals surface area contributed by atoms with E-state index in [2.05, 4.69) is 4.98 Å². The third-order valence-corrected chi connectivity index (χ3v) is 7.33. The third kappa shape index (κ3) is 6.19. The molecule has 1 atom stereocenters. The minimum absolute atomic E-state index is 0. The van der Waals surface area contributed by atoms with Gasteiger partial charge < -0.3 is 23.8 Å². The minimum Gasteiger partial charge on any atom is -0.543 e. The van der Waals surface area contributed by atoms with E-state index in [9.17, 15) is 14.7 Å². The number of nitrogens with zero attached hydrogens (tertiary/aromatic N) is 3. The molecule has 0 bridgehead atoms. The zero-order valence-electron chi connectivity index (χ0n) is 23.5. The maximum atomic E-state index is 12.6. The van der Waals surface area contributed by atoms with Gasteiger partial charge in [0, 0.05) is 29.7 Å². The second-order valence-corrected chi connectivity index (χ2v) is 10.5. The summed E-state index contributed by atoms with van der Waals surface area (Å²) in [6.45, 7) is 8.20. The van der Waals surface area contributed by atoms with Crippen molar-refractivity contribution in [2.75, 3.05) is 7.11 Å². The molecular weight excluding hydrogens is 544 g/mol. The summed E-state index contributed by atoms with van der Waals surface area (Å²) in [6.07, 6.45) is 2.12. The van der Waals surface area contributed by atoms with E-state index >= 15 is 0 Å². The van der Waals surface area contributed by atoms with Crippen molar-refractivity contribution in [3.05, 3.63) is 103 Å². The van der Waals surface area contributed by atoms with Crippen molar-refractivity contribution in [1.82, 2.24) is 14.1 Å². The summed E-state index contributed by atoms with van der Waals surface area (Å²) in [5.74, 6) is -0.826. The third-order valence-electron chi connectivity index (χ3n) is 6.82. The Morgan fingerprint density at radius 1 is 1.12 bits per heavy atom. The summed E-state index contributed by atoms with van der Waals surface area (Å²) in [6, 6.07) is 14.4. The van der Waals surface area contributed by atoms with Crippen LogP contribution in [0.25, 0.3) is 11.4 Å². The predicted octanol–water partition coefficient (Wildman–Crippen LogP) is 2.68. The van der Waals surface area contributed by atoms with Crippen LogP contribution >= 0.6 is 23.2 Å². The molecule has 4 rings (SSSR count). The van der Waals surface area contributed by atoms with Crippen LogP contribution in [0.3, 0.4) is 0 Å². The molecule has 0 aliphatic carbocycles. The number of para-hydroxylation sites is 1. The number of imidazole rings is 1. The molecule has 0 aliphatic rings. The number of hydrogen-bond acceptors (Lipinski definition) is 5. The van der Waals surface area contributed by atoms with Crippen LogP contribution in [-0.2, 0) is 13.0 Å². The van der Waals surface area contributed by atoms with Crippen molar-refractivity contribution >= 4 is 29.2 Å². The molecule has 2 aromatic heterocycles. The van der Waals surface area contributed by atoms with Crippen LogP contribution < -0.4 is 34.3 Å². The topological polar surface area (TPSA) is 89.2 Å². The number of carbonyl (C=O) groups excluding carboxylic acids is 1. The van der Waals surface area contributed by atoms with Crippen LogP contribution in [0.1, 0.15) is 65.6 Å². The normalized spacial score (nSPS) is 11.8. The van der Waals surface area contributed by atoms with Crippen LogP contribution in [0, 0.1) is 6.92 Å². The fraction of sp³-hybridized carbons (Fsp3) is 0.300. The number of methoxy groups -OCH3 is 1. The number of ether oxygens (including phenoxy) is 1. The van der Waals surface area contributed by atoms with Gasteiger partial charge in [0.2, 0.25) is 0 Å². The number of aryl methyl sites for hydroxylation is 2. The molecule has 204 valence electrons. The molecule has 40 heavy (non-hydrogen) atoms. The number of aromatic carboxylic acids is 1. The molecule has 0 radical (unpaired) electrons. The summed E-state index contributed by atoms with van der Waals surface area (Å²) < 4.78 is 9.06. The molecule has 2 heterocycles. The summed E-state index contributed by atoms with van der Waals surface area (Å²) in [7, 11) is 1.56. The molecule has 10 heteroatoms. The maximum absolute atomic E-state index is 12.6. The molecule has 0 N–H and O–H groups in total. The van der Waals surface area contributed by atoms with Crippen LogP contribution in [0.2, 0.25) is 10.0 Å². The quantitative estimate of drug-likeness (QED) is 0.287. The summed E-state index contributed by atoms with van der Waals surface area (Å²) in [5, 5.41) is 13.3. The van der Waals surface area contributed by atoms with Gasteiger partial charge in [-0.3, -0.25) is 4.79 Å². The first-order valence-electron chi connectivity index (χ1n) is 12.7. The Hall–Kier alpha value is -2.95. The predicted molar refractivity (Wildman–Crippen MR) is 152 cm³/mol. The number of carbonyl (C=O) groups is 1. The molecule has 0 saturated carbocycles. The molecule has 2 aromatic carbocycles. The fourth-order valence-electron chi connectivity index (χ4n) is 5.09. The molecule has 0 aliphatic heterocycles. The monoisotopic (exact) mass is 573 g/mol. The standard InChI is InChI=1S/C30H31Cl2N3O4.Li/c1-6-34-16-19(15-24(32)29(34)36)14-23(21-12-11-20(31)13-18(21)4)27-26(30(37)38)33-28(35(27)17(2)3)22-9-7-8-10-25(22)39-5;/h7-13,15-17,23H,6,14H2,1-5H3,(H,37,38);/q;+1/p-1. The number of halogens is 2. The number of rotatable bonds is 9. The summed E-state index contributed by atoms with van der Waals surface area (Å²) >= 11 is 12.6. The van der Waals surface area contributed by atoms with Crippen LogP contribution in [0.5, 0.6) is 5.75 Å².